The number of fused-ring (bicyclic) bond motifs is 1. The number of amides is 3. The molecule has 2 aliphatic heterocycles. The predicted molar refractivity (Wildman–Crippen MR) is 131 cm³/mol. The van der Waals surface area contributed by atoms with Crippen LogP contribution in [0.1, 0.15) is 46.3 Å². The van der Waals surface area contributed by atoms with E-state index in [0.29, 0.717) is 16.7 Å². The van der Waals surface area contributed by atoms with Crippen LogP contribution in [-0.2, 0) is 46.9 Å². The van der Waals surface area contributed by atoms with Gasteiger partial charge in [-0.05, 0) is 54.3 Å². The van der Waals surface area contributed by atoms with Gasteiger partial charge >= 0.3 is 13.5 Å². The van der Waals surface area contributed by atoms with Crippen molar-refractivity contribution in [2.45, 2.75) is 44.2 Å². The summed E-state index contributed by atoms with van der Waals surface area (Å²) in [5, 5.41) is 0. The Bertz CT molecular complexity index is 1370. The molecule has 1 saturated heterocycles. The molecule has 9 nitrogen and oxygen atoms in total. The summed E-state index contributed by atoms with van der Waals surface area (Å²) in [6.45, 7) is 0.663. The summed E-state index contributed by atoms with van der Waals surface area (Å²) in [6, 6.07) is 7.21. The number of Topliss-reactive ketones (excluding diaryl/α,β-unsaturated/α-hetero) is 1. The lowest BCUT2D eigenvalue weighted by Gasteiger charge is -2.35. The SMILES string of the molecule is COP(C)(=O)OCN1C(=O)CCC(N2Cc3cc(CCC(=O)C(F)(F)c4ccc(F)cc4)ccc3C2=O)C1=O. The minimum absolute atomic E-state index is 0.0182. The number of aryl methyl sites for hydroxylation is 1. The Labute approximate surface area is 222 Å². The molecule has 39 heavy (non-hydrogen) atoms. The van der Waals surface area contributed by atoms with E-state index >= 15 is 0 Å². The van der Waals surface area contributed by atoms with Gasteiger partial charge in [0.15, 0.2) is 0 Å². The number of halogens is 3. The van der Waals surface area contributed by atoms with Crippen molar-refractivity contribution in [2.24, 2.45) is 0 Å². The van der Waals surface area contributed by atoms with Crippen LogP contribution in [0.15, 0.2) is 42.5 Å². The number of alkyl halides is 2. The van der Waals surface area contributed by atoms with Crippen LogP contribution in [0, 0.1) is 5.82 Å². The molecule has 0 radical (unpaired) electrons. The quantitative estimate of drug-likeness (QED) is 0.316. The monoisotopic (exact) mass is 566 g/mol. The molecule has 2 aromatic carbocycles. The number of carbonyl (C=O) groups excluding carboxylic acids is 4. The lowest BCUT2D eigenvalue weighted by Crippen LogP contribution is -2.55. The van der Waals surface area contributed by atoms with Crippen molar-refractivity contribution < 1.29 is 46.0 Å². The third-order valence-corrected chi connectivity index (χ3v) is 8.06. The summed E-state index contributed by atoms with van der Waals surface area (Å²) in [7, 11) is -2.29. The topological polar surface area (TPSA) is 110 Å². The average Bonchev–Trinajstić information content (AvgIpc) is 3.22. The smallest absolute Gasteiger partial charge is 0.322 e. The van der Waals surface area contributed by atoms with Gasteiger partial charge in [-0.2, -0.15) is 8.78 Å². The fourth-order valence-corrected chi connectivity index (χ4v) is 4.93. The molecule has 2 aromatic rings. The van der Waals surface area contributed by atoms with E-state index < -0.39 is 67.6 Å². The fourth-order valence-electron chi connectivity index (χ4n) is 4.50. The van der Waals surface area contributed by atoms with Crippen LogP contribution in [0.5, 0.6) is 0 Å². The number of likely N-dealkylation sites (tertiary alicyclic amines) is 1. The highest BCUT2D eigenvalue weighted by Gasteiger charge is 2.43. The minimum atomic E-state index is -3.78. The van der Waals surface area contributed by atoms with Crippen LogP contribution in [0.4, 0.5) is 13.2 Å². The molecule has 2 atom stereocenters. The van der Waals surface area contributed by atoms with Gasteiger partial charge in [0.25, 0.3) is 11.8 Å². The van der Waals surface area contributed by atoms with Crippen LogP contribution in [0.3, 0.4) is 0 Å². The normalized spacial score (nSPS) is 19.3. The van der Waals surface area contributed by atoms with E-state index in [9.17, 15) is 36.9 Å². The number of piperidine rings is 1. The van der Waals surface area contributed by atoms with Crippen LogP contribution in [0.2, 0.25) is 0 Å². The molecule has 2 aliphatic rings. The summed E-state index contributed by atoms with van der Waals surface area (Å²) in [6.07, 6.45) is -0.435. The lowest BCUT2D eigenvalue weighted by atomic mass is 9.97. The zero-order chi connectivity index (χ0) is 28.5. The molecule has 2 unspecified atom stereocenters. The Hall–Kier alpha value is -3.34. The molecule has 0 aliphatic carbocycles. The second-order valence-electron chi connectivity index (χ2n) is 9.36. The van der Waals surface area contributed by atoms with E-state index in [4.69, 9.17) is 9.05 Å². The molecule has 0 aromatic heterocycles. The summed E-state index contributed by atoms with van der Waals surface area (Å²) >= 11 is 0. The second-order valence-corrected chi connectivity index (χ2v) is 11.5. The molecule has 4 rings (SSSR count). The summed E-state index contributed by atoms with van der Waals surface area (Å²) in [5.74, 6) is -7.41. The van der Waals surface area contributed by atoms with Crippen molar-refractivity contribution in [2.75, 3.05) is 20.5 Å². The molecule has 0 bridgehead atoms. The Kier molecular flexibility index (Phi) is 8.11. The maximum atomic E-state index is 14.5. The number of rotatable bonds is 10. The van der Waals surface area contributed by atoms with Crippen molar-refractivity contribution in [1.82, 2.24) is 9.80 Å². The Morgan fingerprint density at radius 2 is 1.82 bits per heavy atom. The maximum Gasteiger partial charge on any atom is 0.330 e. The molecule has 1 fully saturated rings. The molecule has 3 amide bonds. The molecule has 13 heteroatoms. The number of imide groups is 1. The molecule has 0 saturated carbocycles. The first-order valence-electron chi connectivity index (χ1n) is 12.1. The summed E-state index contributed by atoms with van der Waals surface area (Å²) in [4.78, 5) is 52.9. The average molecular weight is 566 g/mol. The summed E-state index contributed by atoms with van der Waals surface area (Å²) in [5.41, 5.74) is 0.833. The Morgan fingerprint density at radius 1 is 1.13 bits per heavy atom. The van der Waals surface area contributed by atoms with Crippen molar-refractivity contribution in [3.05, 3.63) is 70.5 Å². The number of hydrogen-bond donors (Lipinski definition) is 0. The Balaban J connectivity index is 1.42. The number of nitrogens with zero attached hydrogens (tertiary/aromatic N) is 2. The van der Waals surface area contributed by atoms with Gasteiger partial charge in [0.2, 0.25) is 11.7 Å². The van der Waals surface area contributed by atoms with Crippen LogP contribution >= 0.6 is 7.60 Å². The lowest BCUT2D eigenvalue weighted by molar-refractivity contribution is -0.156. The molecular weight excluding hydrogens is 540 g/mol. The van der Waals surface area contributed by atoms with Gasteiger partial charge in [0.05, 0.1) is 0 Å². The van der Waals surface area contributed by atoms with Gasteiger partial charge in [-0.25, -0.2) is 4.39 Å². The van der Waals surface area contributed by atoms with Crippen molar-refractivity contribution in [3.8, 4) is 0 Å². The van der Waals surface area contributed by atoms with Crippen LogP contribution < -0.4 is 0 Å². The maximum absolute atomic E-state index is 14.5. The molecule has 2 heterocycles. The van der Waals surface area contributed by atoms with E-state index in [-0.39, 0.29) is 25.8 Å². The number of ketones is 1. The first kappa shape index (κ1) is 28.7. The van der Waals surface area contributed by atoms with Gasteiger partial charge in [-0.1, -0.05) is 12.1 Å². The van der Waals surface area contributed by atoms with Gasteiger partial charge in [0, 0.05) is 44.3 Å². The summed E-state index contributed by atoms with van der Waals surface area (Å²) < 4.78 is 64.0. The second kappa shape index (κ2) is 11.0. The molecule has 0 spiro atoms. The van der Waals surface area contributed by atoms with Gasteiger partial charge in [0.1, 0.15) is 18.6 Å². The Morgan fingerprint density at radius 3 is 2.49 bits per heavy atom. The van der Waals surface area contributed by atoms with Crippen molar-refractivity contribution in [1.29, 1.82) is 0 Å². The predicted octanol–water partition coefficient (Wildman–Crippen LogP) is 4.04. The zero-order valence-electron chi connectivity index (χ0n) is 21.2. The molecular formula is C26H26F3N2O7P. The highest BCUT2D eigenvalue weighted by molar-refractivity contribution is 7.52. The van der Waals surface area contributed by atoms with Crippen LogP contribution in [0.25, 0.3) is 0 Å². The van der Waals surface area contributed by atoms with E-state index in [2.05, 4.69) is 0 Å². The van der Waals surface area contributed by atoms with Crippen LogP contribution in [-0.4, -0.2) is 59.9 Å². The molecule has 0 N–H and O–H groups in total. The van der Waals surface area contributed by atoms with Gasteiger partial charge < -0.3 is 9.42 Å². The first-order chi connectivity index (χ1) is 18.3. The van der Waals surface area contributed by atoms with E-state index in [1.807, 2.05) is 0 Å². The fraction of sp³-hybridized carbons (Fsp3) is 0.385. The number of benzene rings is 2. The minimum Gasteiger partial charge on any atom is -0.322 e. The number of hydrogen-bond acceptors (Lipinski definition) is 7. The third kappa shape index (κ3) is 5.98. The van der Waals surface area contributed by atoms with Crippen molar-refractivity contribution >= 4 is 31.1 Å². The van der Waals surface area contributed by atoms with E-state index in [0.717, 1.165) is 29.2 Å². The first-order valence-corrected chi connectivity index (χ1v) is 14.0. The van der Waals surface area contributed by atoms with E-state index in [1.165, 1.54) is 24.7 Å². The van der Waals surface area contributed by atoms with Crippen molar-refractivity contribution in [3.63, 3.8) is 0 Å². The van der Waals surface area contributed by atoms with E-state index in [1.54, 1.807) is 12.1 Å². The largest absolute Gasteiger partial charge is 0.330 e. The third-order valence-electron chi connectivity index (χ3n) is 6.81. The number of carbonyl (C=O) groups is 4. The highest BCUT2D eigenvalue weighted by atomic mass is 31.2. The van der Waals surface area contributed by atoms with Gasteiger partial charge in [-0.3, -0.25) is 33.2 Å². The van der Waals surface area contributed by atoms with Gasteiger partial charge in [-0.15, -0.1) is 0 Å². The standard InChI is InChI=1S/C26H26F3N2O7P/c1-37-39(2,36)38-15-31-23(33)12-10-21(25(31)35)30-14-17-13-16(3-9-20(17)24(30)34)4-11-22(32)26(28,29)18-5-7-19(27)8-6-18/h3,5-9,13,21H,4,10-12,14-15H2,1-2H3. The molecule has 208 valence electrons. The zero-order valence-corrected chi connectivity index (χ0v) is 22.1. The highest BCUT2D eigenvalue weighted by Crippen LogP contribution is 2.43.